The summed E-state index contributed by atoms with van der Waals surface area (Å²) in [6.45, 7) is 14.6. The second-order valence-electron chi connectivity index (χ2n) is 7.31. The van der Waals surface area contributed by atoms with E-state index in [4.69, 9.17) is 14.2 Å². The summed E-state index contributed by atoms with van der Waals surface area (Å²) in [5.74, 6) is -0.720. The van der Waals surface area contributed by atoms with Gasteiger partial charge in [-0.05, 0) is 37.5 Å². The van der Waals surface area contributed by atoms with Crippen LogP contribution in [-0.4, -0.2) is 20.9 Å². The molecule has 0 fully saturated rings. The Morgan fingerprint density at radius 1 is 1.17 bits per heavy atom. The van der Waals surface area contributed by atoms with Gasteiger partial charge in [-0.3, -0.25) is 9.37 Å². The molecule has 0 bridgehead atoms. The van der Waals surface area contributed by atoms with Gasteiger partial charge in [0, 0.05) is 0 Å². The molecule has 0 amide bonds. The van der Waals surface area contributed by atoms with Crippen LogP contribution in [0.25, 0.3) is 0 Å². The van der Waals surface area contributed by atoms with Gasteiger partial charge in [-0.25, -0.2) is 4.89 Å². The Balaban J connectivity index is 2.95. The molecule has 0 aliphatic rings. The van der Waals surface area contributed by atoms with Crippen LogP contribution in [0.4, 0.5) is 0 Å². The zero-order chi connectivity index (χ0) is 17.7. The van der Waals surface area contributed by atoms with Crippen LogP contribution in [0, 0.1) is 5.92 Å². The predicted octanol–water partition coefficient (Wildman–Crippen LogP) is 4.88. The summed E-state index contributed by atoms with van der Waals surface area (Å²) in [5.41, 5.74) is 0.909. The van der Waals surface area contributed by atoms with Crippen molar-refractivity contribution < 1.29 is 19.0 Å². The molecule has 0 saturated carbocycles. The molecule has 0 aliphatic heterocycles. The maximum absolute atomic E-state index is 12.1. The number of esters is 1. The molecule has 1 rings (SSSR count). The average Bonchev–Trinajstić information content (AvgIpc) is 2.47. The first-order chi connectivity index (χ1) is 10.6. The van der Waals surface area contributed by atoms with Gasteiger partial charge in [0.2, 0.25) is 8.32 Å². The van der Waals surface area contributed by atoms with Crippen LogP contribution < -0.4 is 0 Å². The lowest BCUT2D eigenvalue weighted by atomic mass is 9.97. The van der Waals surface area contributed by atoms with E-state index in [9.17, 15) is 4.79 Å². The molecule has 0 spiro atoms. The molecule has 0 radical (unpaired) electrons. The molecule has 4 nitrogen and oxygen atoms in total. The molecule has 0 saturated heterocycles. The van der Waals surface area contributed by atoms with E-state index in [2.05, 4.69) is 33.9 Å². The molecule has 1 aromatic carbocycles. The van der Waals surface area contributed by atoms with Crippen LogP contribution in [0.15, 0.2) is 30.3 Å². The Morgan fingerprint density at radius 2 is 1.74 bits per heavy atom. The van der Waals surface area contributed by atoms with Gasteiger partial charge in [-0.1, -0.05) is 51.1 Å². The van der Waals surface area contributed by atoms with Gasteiger partial charge in [0.1, 0.15) is 6.10 Å². The summed E-state index contributed by atoms with van der Waals surface area (Å²) in [7, 11) is -2.07. The molecule has 5 heteroatoms. The van der Waals surface area contributed by atoms with E-state index in [1.807, 2.05) is 37.3 Å². The Bertz CT molecular complexity index is 493. The van der Waals surface area contributed by atoms with Crippen molar-refractivity contribution in [2.24, 2.45) is 5.92 Å². The Kier molecular flexibility index (Phi) is 6.98. The summed E-state index contributed by atoms with van der Waals surface area (Å²) in [6, 6.07) is 9.67. The quantitative estimate of drug-likeness (QED) is 0.308. The molecule has 0 N–H and O–H groups in total. The lowest BCUT2D eigenvalue weighted by Crippen LogP contribution is -2.41. The van der Waals surface area contributed by atoms with Crippen LogP contribution in [0.1, 0.15) is 46.3 Å². The maximum Gasteiger partial charge on any atom is 0.311 e. The highest BCUT2D eigenvalue weighted by Crippen LogP contribution is 2.38. The van der Waals surface area contributed by atoms with Crippen molar-refractivity contribution in [2.45, 2.75) is 58.9 Å². The van der Waals surface area contributed by atoms with Crippen LogP contribution in [0.2, 0.25) is 18.1 Å². The summed E-state index contributed by atoms with van der Waals surface area (Å²) in [4.78, 5) is 17.9. The first-order valence-electron chi connectivity index (χ1n) is 8.16. The van der Waals surface area contributed by atoms with Crippen LogP contribution >= 0.6 is 0 Å². The molecule has 0 aliphatic carbocycles. The van der Waals surface area contributed by atoms with Gasteiger partial charge < -0.3 is 4.74 Å². The van der Waals surface area contributed by atoms with Crippen molar-refractivity contribution in [1.82, 2.24) is 0 Å². The SMILES string of the molecule is CCOC(=O)C(C)C(OO[Si](C)(C)C(C)(C)C)c1ccccc1. The molecule has 1 aromatic rings. The van der Waals surface area contributed by atoms with Crippen LogP contribution in [0.5, 0.6) is 0 Å². The van der Waals surface area contributed by atoms with Crippen molar-refractivity contribution >= 4 is 14.3 Å². The number of rotatable bonds is 7. The second-order valence-corrected chi connectivity index (χ2v) is 12.0. The number of carbonyl (C=O) groups excluding carboxylic acids is 1. The van der Waals surface area contributed by atoms with Gasteiger partial charge in [0.25, 0.3) is 0 Å². The fraction of sp³-hybridized carbons (Fsp3) is 0.611. The monoisotopic (exact) mass is 338 g/mol. The first kappa shape index (κ1) is 19.9. The van der Waals surface area contributed by atoms with Gasteiger partial charge in [0.05, 0.1) is 12.5 Å². The Labute approximate surface area is 141 Å². The molecular formula is C18H30O4Si. The zero-order valence-electron chi connectivity index (χ0n) is 15.4. The maximum atomic E-state index is 12.1. The number of hydrogen-bond acceptors (Lipinski definition) is 4. The average molecular weight is 339 g/mol. The van der Waals surface area contributed by atoms with Gasteiger partial charge in [-0.15, -0.1) is 0 Å². The summed E-state index contributed by atoms with van der Waals surface area (Å²) < 4.78 is 11.0. The highest BCUT2D eigenvalue weighted by molar-refractivity contribution is 6.73. The van der Waals surface area contributed by atoms with Crippen molar-refractivity contribution in [3.63, 3.8) is 0 Å². The molecule has 0 heterocycles. The van der Waals surface area contributed by atoms with Crippen molar-refractivity contribution in [3.8, 4) is 0 Å². The lowest BCUT2D eigenvalue weighted by Gasteiger charge is -2.36. The minimum atomic E-state index is -2.07. The second kappa shape index (κ2) is 8.08. The van der Waals surface area contributed by atoms with Crippen molar-refractivity contribution in [3.05, 3.63) is 35.9 Å². The molecular weight excluding hydrogens is 308 g/mol. The zero-order valence-corrected chi connectivity index (χ0v) is 16.4. The van der Waals surface area contributed by atoms with Gasteiger partial charge in [-0.2, -0.15) is 0 Å². The third-order valence-electron chi connectivity index (χ3n) is 4.41. The highest BCUT2D eigenvalue weighted by atomic mass is 28.4. The molecule has 2 unspecified atom stereocenters. The van der Waals surface area contributed by atoms with E-state index >= 15 is 0 Å². The lowest BCUT2D eigenvalue weighted by molar-refractivity contribution is -0.273. The Hall–Kier alpha value is -1.17. The first-order valence-corrected chi connectivity index (χ1v) is 11.1. The normalized spacial score (nSPS) is 15.1. The summed E-state index contributed by atoms with van der Waals surface area (Å²) >= 11 is 0. The van der Waals surface area contributed by atoms with E-state index in [1.54, 1.807) is 6.92 Å². The van der Waals surface area contributed by atoms with Gasteiger partial charge in [0.15, 0.2) is 0 Å². The van der Waals surface area contributed by atoms with Crippen LogP contribution in [0.3, 0.4) is 0 Å². The van der Waals surface area contributed by atoms with Gasteiger partial charge >= 0.3 is 5.97 Å². The van der Waals surface area contributed by atoms with E-state index < -0.39 is 20.3 Å². The van der Waals surface area contributed by atoms with E-state index in [1.165, 1.54) is 0 Å². The van der Waals surface area contributed by atoms with E-state index in [0.717, 1.165) is 5.56 Å². The summed E-state index contributed by atoms with van der Waals surface area (Å²) in [5, 5.41) is 0.0292. The standard InChI is InChI=1S/C18H30O4Si/c1-8-20-17(19)14(2)16(15-12-10-9-11-13-15)21-22-23(6,7)18(3,4)5/h9-14,16H,8H2,1-7H3. The fourth-order valence-corrected chi connectivity index (χ4v) is 2.36. The van der Waals surface area contributed by atoms with Crippen molar-refractivity contribution in [2.75, 3.05) is 6.61 Å². The van der Waals surface area contributed by atoms with Crippen LogP contribution in [-0.2, 0) is 19.0 Å². The minimum absolute atomic E-state index is 0.0292. The topological polar surface area (TPSA) is 44.8 Å². The third kappa shape index (κ3) is 5.44. The smallest absolute Gasteiger partial charge is 0.311 e. The number of ether oxygens (including phenoxy) is 1. The molecule has 0 aromatic heterocycles. The molecule has 130 valence electrons. The van der Waals surface area contributed by atoms with E-state index in [0.29, 0.717) is 6.61 Å². The summed E-state index contributed by atoms with van der Waals surface area (Å²) in [6.07, 6.45) is -0.482. The largest absolute Gasteiger partial charge is 0.466 e. The fourth-order valence-electron chi connectivity index (χ4n) is 1.76. The van der Waals surface area contributed by atoms with E-state index in [-0.39, 0.29) is 11.0 Å². The van der Waals surface area contributed by atoms with Crippen molar-refractivity contribution in [1.29, 1.82) is 0 Å². The molecule has 2 atom stereocenters. The highest BCUT2D eigenvalue weighted by Gasteiger charge is 2.40. The minimum Gasteiger partial charge on any atom is -0.466 e. The number of carbonyl (C=O) groups is 1. The number of hydrogen-bond donors (Lipinski definition) is 0. The number of benzene rings is 1. The third-order valence-corrected chi connectivity index (χ3v) is 8.53. The Morgan fingerprint density at radius 3 is 2.22 bits per heavy atom. The molecule has 23 heavy (non-hydrogen) atoms. The predicted molar refractivity (Wildman–Crippen MR) is 94.3 cm³/mol.